The molecule has 0 radical (unpaired) electrons. The van der Waals surface area contributed by atoms with Gasteiger partial charge in [-0.1, -0.05) is 12.1 Å². The smallest absolute Gasteiger partial charge is 0.372 e. The highest BCUT2D eigenvalue weighted by atomic mass is 19.4. The first-order valence-electron chi connectivity index (χ1n) is 11.3. The van der Waals surface area contributed by atoms with Crippen LogP contribution in [0.2, 0.25) is 0 Å². The van der Waals surface area contributed by atoms with Crippen LogP contribution in [-0.4, -0.2) is 31.0 Å². The lowest BCUT2D eigenvalue weighted by atomic mass is 9.86. The lowest BCUT2D eigenvalue weighted by Gasteiger charge is -2.31. The number of H-pyrrole nitrogens is 1. The summed E-state index contributed by atoms with van der Waals surface area (Å²) in [6, 6.07) is 11.0. The van der Waals surface area contributed by atoms with E-state index in [0.717, 1.165) is 25.0 Å². The Labute approximate surface area is 203 Å². The molecule has 0 bridgehead atoms. The molecular formula is C25H21F3N6O2. The van der Waals surface area contributed by atoms with Crippen LogP contribution in [0.25, 0.3) is 10.9 Å². The van der Waals surface area contributed by atoms with Crippen molar-refractivity contribution in [2.24, 2.45) is 5.92 Å². The number of nitriles is 1. The molecular weight excluding hydrogens is 473 g/mol. The van der Waals surface area contributed by atoms with E-state index in [-0.39, 0.29) is 40.4 Å². The van der Waals surface area contributed by atoms with Gasteiger partial charge in [-0.15, -0.1) is 0 Å². The molecule has 2 atom stereocenters. The number of aliphatic hydroxyl groups is 1. The number of nitrogens with zero attached hydrogens (tertiary/aromatic N) is 4. The molecule has 184 valence electrons. The van der Waals surface area contributed by atoms with Gasteiger partial charge in [0, 0.05) is 29.8 Å². The van der Waals surface area contributed by atoms with Crippen LogP contribution in [0.4, 0.5) is 24.7 Å². The van der Waals surface area contributed by atoms with Gasteiger partial charge in [-0.2, -0.15) is 23.5 Å². The van der Waals surface area contributed by atoms with Gasteiger partial charge in [-0.05, 0) is 54.7 Å². The van der Waals surface area contributed by atoms with Gasteiger partial charge in [0.15, 0.2) is 5.82 Å². The number of hydrogen-bond donors (Lipinski definition) is 3. The number of pyridine rings is 2. The van der Waals surface area contributed by atoms with Crippen LogP contribution in [0.1, 0.15) is 36.4 Å². The summed E-state index contributed by atoms with van der Waals surface area (Å²) in [5.41, 5.74) is -3.40. The van der Waals surface area contributed by atoms with Crippen LogP contribution in [0.15, 0.2) is 65.8 Å². The predicted molar refractivity (Wildman–Crippen MR) is 125 cm³/mol. The lowest BCUT2D eigenvalue weighted by Crippen LogP contribution is -2.43. The van der Waals surface area contributed by atoms with Crippen molar-refractivity contribution in [1.82, 2.24) is 19.7 Å². The number of nitrogens with one attached hydrogen (secondary N) is 2. The lowest BCUT2D eigenvalue weighted by molar-refractivity contribution is -0.248. The van der Waals surface area contributed by atoms with Gasteiger partial charge in [0.1, 0.15) is 5.39 Å². The summed E-state index contributed by atoms with van der Waals surface area (Å²) in [5, 5.41) is 27.9. The molecule has 1 aliphatic rings. The molecule has 3 N–H and O–H groups in total. The van der Waals surface area contributed by atoms with Crippen LogP contribution in [0.3, 0.4) is 0 Å². The molecule has 3 aromatic heterocycles. The number of aromatic amines is 1. The van der Waals surface area contributed by atoms with E-state index in [1.54, 1.807) is 10.7 Å². The van der Waals surface area contributed by atoms with Crippen molar-refractivity contribution in [2.45, 2.75) is 37.1 Å². The van der Waals surface area contributed by atoms with E-state index in [4.69, 9.17) is 0 Å². The van der Waals surface area contributed by atoms with Gasteiger partial charge in [0.25, 0.3) is 5.56 Å². The quantitative estimate of drug-likeness (QED) is 0.347. The summed E-state index contributed by atoms with van der Waals surface area (Å²) in [5.74, 6) is 0.524. The largest absolute Gasteiger partial charge is 0.425 e. The van der Waals surface area contributed by atoms with Crippen molar-refractivity contribution >= 4 is 22.4 Å². The SMILES string of the molecule is N#CC[C@@H](C1CC1)n1nc(Nc2ccc([C@@](O)(c3ccncc3)C(F)(F)F)cc2)c2c(=O)[nH]ccc21. The van der Waals surface area contributed by atoms with Crippen molar-refractivity contribution in [1.29, 1.82) is 5.26 Å². The van der Waals surface area contributed by atoms with Crippen molar-refractivity contribution in [3.05, 3.63) is 82.5 Å². The van der Waals surface area contributed by atoms with Gasteiger partial charge in [0.05, 0.1) is 24.0 Å². The molecule has 0 spiro atoms. The van der Waals surface area contributed by atoms with Crippen LogP contribution in [0, 0.1) is 17.2 Å². The van der Waals surface area contributed by atoms with E-state index >= 15 is 0 Å². The average molecular weight is 494 g/mol. The van der Waals surface area contributed by atoms with Gasteiger partial charge in [-0.25, -0.2) is 0 Å². The molecule has 11 heteroatoms. The van der Waals surface area contributed by atoms with Crippen LogP contribution >= 0.6 is 0 Å². The highest BCUT2D eigenvalue weighted by Gasteiger charge is 2.56. The summed E-state index contributed by atoms with van der Waals surface area (Å²) in [4.78, 5) is 19.0. The van der Waals surface area contributed by atoms with Gasteiger partial charge in [0.2, 0.25) is 5.60 Å². The number of hydrogen-bond acceptors (Lipinski definition) is 6. The third-order valence-corrected chi connectivity index (χ3v) is 6.48. The molecule has 3 heterocycles. The van der Waals surface area contributed by atoms with Crippen molar-refractivity contribution < 1.29 is 18.3 Å². The Morgan fingerprint density at radius 3 is 2.42 bits per heavy atom. The number of fused-ring (bicyclic) bond motifs is 1. The molecule has 0 aliphatic heterocycles. The van der Waals surface area contributed by atoms with Crippen molar-refractivity contribution in [2.75, 3.05) is 5.32 Å². The summed E-state index contributed by atoms with van der Waals surface area (Å²) in [7, 11) is 0. The van der Waals surface area contributed by atoms with Crippen LogP contribution in [0.5, 0.6) is 0 Å². The number of aromatic nitrogens is 4. The fourth-order valence-electron chi connectivity index (χ4n) is 4.49. The topological polar surface area (TPSA) is 120 Å². The molecule has 36 heavy (non-hydrogen) atoms. The highest BCUT2D eigenvalue weighted by molar-refractivity contribution is 5.91. The third-order valence-electron chi connectivity index (χ3n) is 6.48. The Balaban J connectivity index is 1.52. The van der Waals surface area contributed by atoms with E-state index in [2.05, 4.69) is 26.5 Å². The van der Waals surface area contributed by atoms with E-state index in [0.29, 0.717) is 17.1 Å². The second kappa shape index (κ2) is 8.80. The maximum atomic E-state index is 14.0. The fraction of sp³-hybridized carbons (Fsp3) is 0.280. The molecule has 0 saturated heterocycles. The van der Waals surface area contributed by atoms with Crippen LogP contribution in [-0.2, 0) is 5.60 Å². The number of rotatable bonds is 7. The van der Waals surface area contributed by atoms with E-state index in [1.165, 1.54) is 42.9 Å². The van der Waals surface area contributed by atoms with Gasteiger partial charge in [-0.3, -0.25) is 14.5 Å². The first-order valence-corrected chi connectivity index (χ1v) is 11.3. The Bertz CT molecular complexity index is 1490. The molecule has 8 nitrogen and oxygen atoms in total. The number of halogens is 3. The molecule has 1 aliphatic carbocycles. The summed E-state index contributed by atoms with van der Waals surface area (Å²) >= 11 is 0. The minimum atomic E-state index is -4.98. The maximum Gasteiger partial charge on any atom is 0.425 e. The summed E-state index contributed by atoms with van der Waals surface area (Å²) < 4.78 is 43.7. The zero-order valence-corrected chi connectivity index (χ0v) is 18.8. The minimum absolute atomic E-state index is 0.181. The summed E-state index contributed by atoms with van der Waals surface area (Å²) in [6.45, 7) is 0. The number of alkyl halides is 3. The van der Waals surface area contributed by atoms with Crippen LogP contribution < -0.4 is 10.9 Å². The van der Waals surface area contributed by atoms with E-state index in [9.17, 15) is 28.3 Å². The van der Waals surface area contributed by atoms with Gasteiger partial charge >= 0.3 is 6.18 Å². The minimum Gasteiger partial charge on any atom is -0.372 e. The summed E-state index contributed by atoms with van der Waals surface area (Å²) in [6.07, 6.45) is 1.08. The second-order valence-electron chi connectivity index (χ2n) is 8.77. The van der Waals surface area contributed by atoms with E-state index in [1.807, 2.05) is 0 Å². The predicted octanol–water partition coefficient (Wildman–Crippen LogP) is 4.53. The van der Waals surface area contributed by atoms with Crippen molar-refractivity contribution in [3.63, 3.8) is 0 Å². The molecule has 0 unspecified atom stereocenters. The normalized spacial score (nSPS) is 16.3. The van der Waals surface area contributed by atoms with E-state index < -0.39 is 11.8 Å². The second-order valence-corrected chi connectivity index (χ2v) is 8.77. The molecule has 4 aromatic rings. The average Bonchev–Trinajstić information content (AvgIpc) is 3.64. The maximum absolute atomic E-state index is 14.0. The Morgan fingerprint density at radius 2 is 1.81 bits per heavy atom. The Morgan fingerprint density at radius 1 is 1.14 bits per heavy atom. The van der Waals surface area contributed by atoms with Crippen molar-refractivity contribution in [3.8, 4) is 6.07 Å². The molecule has 5 rings (SSSR count). The first kappa shape index (κ1) is 23.6. The fourth-order valence-corrected chi connectivity index (χ4v) is 4.49. The molecule has 0 amide bonds. The molecule has 1 aromatic carbocycles. The standard InChI is InChI=1S/C25H21F3N6O2/c26-25(27,28)24(36,17-8-12-30-13-9-17)16-3-5-18(6-4-16)32-22-21-20(10-14-31-23(21)35)34(33-22)19(7-11-29)15-1-2-15/h3-6,8-10,12-15,19,36H,1-2,7H2,(H,31,35)(H,32,33)/t19-,24+/m0/s1. The zero-order valence-electron chi connectivity index (χ0n) is 18.8. The molecule has 1 fully saturated rings. The highest BCUT2D eigenvalue weighted by Crippen LogP contribution is 2.45. The number of anilines is 2. The third kappa shape index (κ3) is 3.99. The van der Waals surface area contributed by atoms with Gasteiger partial charge < -0.3 is 15.4 Å². The number of benzene rings is 1. The Hall–Kier alpha value is -4.17. The first-order chi connectivity index (χ1) is 17.2. The zero-order chi connectivity index (χ0) is 25.5. The molecule has 1 saturated carbocycles. The monoisotopic (exact) mass is 494 g/mol. The Kier molecular flexibility index (Phi) is 5.76.